The Kier molecular flexibility index (Phi) is 2.60. The number of imide groups is 1. The van der Waals surface area contributed by atoms with Crippen LogP contribution in [0.1, 0.15) is 29.3 Å². The number of allylic oxidation sites excluding steroid dienone is 1. The van der Waals surface area contributed by atoms with Crippen molar-refractivity contribution in [3.05, 3.63) is 42.0 Å². The summed E-state index contributed by atoms with van der Waals surface area (Å²) in [4.78, 5) is 24.5. The summed E-state index contributed by atoms with van der Waals surface area (Å²) in [5.41, 5.74) is 2.20. The zero-order valence-corrected chi connectivity index (χ0v) is 9.19. The second-order valence-corrected chi connectivity index (χ2v) is 3.93. The highest BCUT2D eigenvalue weighted by atomic mass is 16.2. The summed E-state index contributed by atoms with van der Waals surface area (Å²) in [5.74, 6) is -0.309. The third kappa shape index (κ3) is 1.65. The molecule has 0 aliphatic carbocycles. The van der Waals surface area contributed by atoms with Crippen molar-refractivity contribution in [1.82, 2.24) is 4.90 Å². The second-order valence-electron chi connectivity index (χ2n) is 3.93. The minimum Gasteiger partial charge on any atom is -0.278 e. The molecule has 0 N–H and O–H groups in total. The maximum absolute atomic E-state index is 12.0. The Morgan fingerprint density at radius 3 is 2.38 bits per heavy atom. The van der Waals surface area contributed by atoms with E-state index < -0.39 is 0 Å². The summed E-state index contributed by atoms with van der Waals surface area (Å²) in [5, 5.41) is 0. The van der Waals surface area contributed by atoms with Crippen molar-refractivity contribution in [3.8, 4) is 0 Å². The van der Waals surface area contributed by atoms with Crippen LogP contribution in [-0.2, 0) is 4.79 Å². The van der Waals surface area contributed by atoms with Crippen LogP contribution in [0.4, 0.5) is 0 Å². The zero-order valence-electron chi connectivity index (χ0n) is 9.19. The Labute approximate surface area is 94.4 Å². The van der Waals surface area contributed by atoms with Crippen LogP contribution in [0.2, 0.25) is 0 Å². The second kappa shape index (κ2) is 3.93. The highest BCUT2D eigenvalue weighted by molar-refractivity contribution is 6.09. The SMILES string of the molecule is C=C(C)c1ccccc1C(=O)N1CCC1=O. The fourth-order valence-corrected chi connectivity index (χ4v) is 1.72. The molecule has 0 saturated carbocycles. The summed E-state index contributed by atoms with van der Waals surface area (Å²) < 4.78 is 0. The molecule has 1 aromatic rings. The predicted molar refractivity (Wildman–Crippen MR) is 61.8 cm³/mol. The average molecular weight is 215 g/mol. The lowest BCUT2D eigenvalue weighted by molar-refractivity contribution is -0.135. The van der Waals surface area contributed by atoms with Crippen molar-refractivity contribution >= 4 is 17.4 Å². The molecule has 1 aliphatic heterocycles. The first-order valence-corrected chi connectivity index (χ1v) is 5.21. The van der Waals surface area contributed by atoms with E-state index in [1.54, 1.807) is 12.1 Å². The molecule has 1 aromatic carbocycles. The lowest BCUT2D eigenvalue weighted by Crippen LogP contribution is -2.47. The Morgan fingerprint density at radius 2 is 1.94 bits per heavy atom. The summed E-state index contributed by atoms with van der Waals surface area (Å²) >= 11 is 0. The standard InChI is InChI=1S/C13H13NO2/c1-9(2)10-5-3-4-6-11(10)13(16)14-8-7-12(14)15/h3-6H,1,7-8H2,2H3. The van der Waals surface area contributed by atoms with Crippen LogP contribution in [0.3, 0.4) is 0 Å². The molecule has 82 valence electrons. The van der Waals surface area contributed by atoms with Gasteiger partial charge in [0, 0.05) is 18.5 Å². The van der Waals surface area contributed by atoms with E-state index >= 15 is 0 Å². The van der Waals surface area contributed by atoms with Gasteiger partial charge in [-0.3, -0.25) is 14.5 Å². The van der Waals surface area contributed by atoms with E-state index in [-0.39, 0.29) is 11.8 Å². The molecule has 1 saturated heterocycles. The van der Waals surface area contributed by atoms with Crippen LogP contribution in [0.5, 0.6) is 0 Å². The van der Waals surface area contributed by atoms with Gasteiger partial charge in [0.1, 0.15) is 0 Å². The van der Waals surface area contributed by atoms with Crippen LogP contribution in [0.25, 0.3) is 5.57 Å². The van der Waals surface area contributed by atoms with Gasteiger partial charge in [0.2, 0.25) is 5.91 Å². The summed E-state index contributed by atoms with van der Waals surface area (Å²) in [7, 11) is 0. The van der Waals surface area contributed by atoms with Crippen LogP contribution < -0.4 is 0 Å². The molecular weight excluding hydrogens is 202 g/mol. The van der Waals surface area contributed by atoms with Gasteiger partial charge >= 0.3 is 0 Å². The zero-order chi connectivity index (χ0) is 11.7. The molecule has 0 spiro atoms. The lowest BCUT2D eigenvalue weighted by atomic mass is 10.00. The van der Waals surface area contributed by atoms with E-state index in [0.29, 0.717) is 18.5 Å². The number of hydrogen-bond acceptors (Lipinski definition) is 2. The molecule has 0 atom stereocenters. The first-order chi connectivity index (χ1) is 7.61. The normalized spacial score (nSPS) is 14.6. The third-order valence-electron chi connectivity index (χ3n) is 2.71. The van der Waals surface area contributed by atoms with E-state index in [4.69, 9.17) is 0 Å². The van der Waals surface area contributed by atoms with Gasteiger partial charge in [0.05, 0.1) is 0 Å². The minimum atomic E-state index is -0.213. The number of β-lactam (4-membered cyclic amide) rings is 1. The first-order valence-electron chi connectivity index (χ1n) is 5.21. The average Bonchev–Trinajstić information content (AvgIpc) is 2.27. The van der Waals surface area contributed by atoms with Gasteiger partial charge in [0.15, 0.2) is 0 Å². The third-order valence-corrected chi connectivity index (χ3v) is 2.71. The van der Waals surface area contributed by atoms with Gasteiger partial charge in [-0.05, 0) is 18.6 Å². The summed E-state index contributed by atoms with van der Waals surface area (Å²) in [6.07, 6.45) is 0.473. The van der Waals surface area contributed by atoms with E-state index in [1.807, 2.05) is 19.1 Å². The van der Waals surface area contributed by atoms with Gasteiger partial charge in [-0.15, -0.1) is 0 Å². The van der Waals surface area contributed by atoms with Crippen LogP contribution in [0.15, 0.2) is 30.8 Å². The van der Waals surface area contributed by atoms with Crippen molar-refractivity contribution in [1.29, 1.82) is 0 Å². The molecule has 0 aromatic heterocycles. The topological polar surface area (TPSA) is 37.4 Å². The lowest BCUT2D eigenvalue weighted by Gasteiger charge is -2.29. The van der Waals surface area contributed by atoms with Crippen molar-refractivity contribution < 1.29 is 9.59 Å². The Bertz CT molecular complexity index is 477. The number of nitrogens with zero attached hydrogens (tertiary/aromatic N) is 1. The number of likely N-dealkylation sites (tertiary alicyclic amines) is 1. The van der Waals surface area contributed by atoms with Crippen LogP contribution >= 0.6 is 0 Å². The molecule has 1 aliphatic rings. The number of carbonyl (C=O) groups is 2. The van der Waals surface area contributed by atoms with Crippen molar-refractivity contribution in [2.45, 2.75) is 13.3 Å². The van der Waals surface area contributed by atoms with E-state index in [0.717, 1.165) is 11.1 Å². The number of amides is 2. The summed E-state index contributed by atoms with van der Waals surface area (Å²) in [6, 6.07) is 7.24. The molecular formula is C13H13NO2. The van der Waals surface area contributed by atoms with Crippen molar-refractivity contribution in [2.75, 3.05) is 6.54 Å². The van der Waals surface area contributed by atoms with Gasteiger partial charge in [-0.25, -0.2) is 0 Å². The molecule has 0 unspecified atom stereocenters. The van der Waals surface area contributed by atoms with E-state index in [1.165, 1.54) is 4.90 Å². The van der Waals surface area contributed by atoms with Crippen molar-refractivity contribution in [2.24, 2.45) is 0 Å². The highest BCUT2D eigenvalue weighted by Crippen LogP contribution is 2.21. The first kappa shape index (κ1) is 10.6. The fourth-order valence-electron chi connectivity index (χ4n) is 1.72. The number of carbonyl (C=O) groups excluding carboxylic acids is 2. The number of hydrogen-bond donors (Lipinski definition) is 0. The maximum atomic E-state index is 12.0. The molecule has 2 amide bonds. The van der Waals surface area contributed by atoms with Crippen LogP contribution in [-0.4, -0.2) is 23.3 Å². The molecule has 0 radical (unpaired) electrons. The molecule has 2 rings (SSSR count). The number of rotatable bonds is 2. The molecule has 16 heavy (non-hydrogen) atoms. The smallest absolute Gasteiger partial charge is 0.261 e. The van der Waals surface area contributed by atoms with Gasteiger partial charge < -0.3 is 0 Å². The molecule has 3 heteroatoms. The van der Waals surface area contributed by atoms with E-state index in [9.17, 15) is 9.59 Å². The van der Waals surface area contributed by atoms with Gasteiger partial charge in [-0.1, -0.05) is 30.4 Å². The van der Waals surface area contributed by atoms with Gasteiger partial charge in [0.25, 0.3) is 5.91 Å². The predicted octanol–water partition coefficient (Wildman–Crippen LogP) is 2.09. The summed E-state index contributed by atoms with van der Waals surface area (Å²) in [6.45, 7) is 6.22. The highest BCUT2D eigenvalue weighted by Gasteiger charge is 2.31. The van der Waals surface area contributed by atoms with Crippen LogP contribution in [0, 0.1) is 0 Å². The number of benzene rings is 1. The molecule has 1 fully saturated rings. The van der Waals surface area contributed by atoms with E-state index in [2.05, 4.69) is 6.58 Å². The molecule has 0 bridgehead atoms. The Hall–Kier alpha value is -1.90. The monoisotopic (exact) mass is 215 g/mol. The van der Waals surface area contributed by atoms with Gasteiger partial charge in [-0.2, -0.15) is 0 Å². The fraction of sp³-hybridized carbons (Fsp3) is 0.231. The molecule has 1 heterocycles. The quantitative estimate of drug-likeness (QED) is 0.559. The van der Waals surface area contributed by atoms with Crippen molar-refractivity contribution in [3.63, 3.8) is 0 Å². The Balaban J connectivity index is 2.36. The minimum absolute atomic E-state index is 0.0958. The largest absolute Gasteiger partial charge is 0.278 e. The molecule has 3 nitrogen and oxygen atoms in total. The Morgan fingerprint density at radius 1 is 1.31 bits per heavy atom. The maximum Gasteiger partial charge on any atom is 0.261 e.